The number of halogens is 3. The van der Waals surface area contributed by atoms with Gasteiger partial charge in [0.1, 0.15) is 0 Å². The molecule has 0 atom stereocenters. The number of nitrogens with zero attached hydrogens (tertiary/aromatic N) is 5. The highest BCUT2D eigenvalue weighted by Gasteiger charge is 2.32. The summed E-state index contributed by atoms with van der Waals surface area (Å²) in [5.41, 5.74) is 5.34. The number of benzene rings is 6. The molecule has 5 nitrogen and oxygen atoms in total. The van der Waals surface area contributed by atoms with Gasteiger partial charge in [-0.05, 0) is 78.9 Å². The lowest BCUT2D eigenvalue weighted by Gasteiger charge is -2.20. The molecule has 0 unspecified atom stereocenters. The topological polar surface area (TPSA) is 81.2 Å². The fraction of sp³-hybridized carbons (Fsp3) is 0.0250. The van der Waals surface area contributed by atoms with E-state index in [1.54, 1.807) is 41.0 Å². The maximum Gasteiger partial charge on any atom is 0.416 e. The normalized spacial score (nSPS) is 11.6. The van der Waals surface area contributed by atoms with E-state index < -0.39 is 11.7 Å². The second kappa shape index (κ2) is 10.6. The van der Waals surface area contributed by atoms with Crippen LogP contribution in [0.4, 0.5) is 13.2 Å². The maximum absolute atomic E-state index is 14.4. The Hall–Kier alpha value is -6.82. The molecule has 0 aliphatic carbocycles. The Balaban J connectivity index is 1.52. The molecule has 2 heterocycles. The first-order valence-electron chi connectivity index (χ1n) is 14.9. The van der Waals surface area contributed by atoms with Crippen molar-refractivity contribution in [2.45, 2.75) is 6.18 Å². The lowest BCUT2D eigenvalue weighted by Crippen LogP contribution is -2.08. The van der Waals surface area contributed by atoms with Crippen LogP contribution in [0.5, 0.6) is 0 Å². The van der Waals surface area contributed by atoms with Crippen LogP contribution in [0.25, 0.3) is 66.1 Å². The van der Waals surface area contributed by atoms with E-state index in [4.69, 9.17) is 0 Å². The molecule has 0 saturated heterocycles. The molecule has 226 valence electrons. The predicted octanol–water partition coefficient (Wildman–Crippen LogP) is 10.2. The molecule has 0 fully saturated rings. The Labute approximate surface area is 271 Å². The van der Waals surface area contributed by atoms with Crippen LogP contribution in [0.15, 0.2) is 121 Å². The van der Waals surface area contributed by atoms with Crippen molar-refractivity contribution in [2.75, 3.05) is 0 Å². The number of hydrogen-bond acceptors (Lipinski definition) is 3. The predicted molar refractivity (Wildman–Crippen MR) is 180 cm³/mol. The van der Waals surface area contributed by atoms with Crippen molar-refractivity contribution in [3.05, 3.63) is 144 Å². The zero-order valence-electron chi connectivity index (χ0n) is 24.9. The van der Waals surface area contributed by atoms with Crippen molar-refractivity contribution in [2.24, 2.45) is 0 Å². The quantitative estimate of drug-likeness (QED) is 0.195. The largest absolute Gasteiger partial charge is 0.416 e. The molecular formula is C40H20F3N5. The maximum atomic E-state index is 14.4. The van der Waals surface area contributed by atoms with Gasteiger partial charge in [-0.3, -0.25) is 0 Å². The van der Waals surface area contributed by atoms with Gasteiger partial charge in [-0.25, -0.2) is 0 Å². The van der Waals surface area contributed by atoms with Crippen molar-refractivity contribution < 1.29 is 13.2 Å². The molecule has 0 aliphatic heterocycles. The molecule has 0 aliphatic rings. The highest BCUT2D eigenvalue weighted by molar-refractivity contribution is 6.12. The molecule has 0 saturated carbocycles. The van der Waals surface area contributed by atoms with Crippen molar-refractivity contribution in [1.29, 1.82) is 15.8 Å². The third kappa shape index (κ3) is 4.31. The van der Waals surface area contributed by atoms with Gasteiger partial charge in [0.25, 0.3) is 0 Å². The van der Waals surface area contributed by atoms with E-state index in [9.17, 15) is 29.0 Å². The Kier molecular flexibility index (Phi) is 6.34. The minimum absolute atomic E-state index is 0.268. The smallest absolute Gasteiger partial charge is 0.309 e. The van der Waals surface area contributed by atoms with Gasteiger partial charge < -0.3 is 9.13 Å². The first kappa shape index (κ1) is 28.6. The minimum atomic E-state index is -4.62. The summed E-state index contributed by atoms with van der Waals surface area (Å²) in [5, 5.41) is 32.5. The van der Waals surface area contributed by atoms with Crippen molar-refractivity contribution in [1.82, 2.24) is 9.13 Å². The molecule has 8 aromatic rings. The van der Waals surface area contributed by atoms with Crippen molar-refractivity contribution in [3.8, 4) is 40.7 Å². The van der Waals surface area contributed by atoms with Crippen LogP contribution in [0, 0.1) is 34.0 Å². The fourth-order valence-electron chi connectivity index (χ4n) is 6.74. The van der Waals surface area contributed by atoms with Gasteiger partial charge in [0, 0.05) is 32.7 Å². The molecule has 48 heavy (non-hydrogen) atoms. The Bertz CT molecular complexity index is 2760. The number of fused-ring (bicyclic) bond motifs is 6. The molecule has 0 N–H and O–H groups in total. The van der Waals surface area contributed by atoms with E-state index in [1.165, 1.54) is 6.07 Å². The van der Waals surface area contributed by atoms with Crippen LogP contribution >= 0.6 is 0 Å². The average Bonchev–Trinajstić information content (AvgIpc) is 3.62. The third-order valence-electron chi connectivity index (χ3n) is 8.83. The number of aromatic nitrogens is 2. The number of alkyl halides is 3. The van der Waals surface area contributed by atoms with E-state index in [2.05, 4.69) is 18.2 Å². The minimum Gasteiger partial charge on any atom is -0.309 e. The molecule has 8 heteroatoms. The van der Waals surface area contributed by atoms with E-state index in [-0.39, 0.29) is 5.69 Å². The second-order valence-corrected chi connectivity index (χ2v) is 11.5. The van der Waals surface area contributed by atoms with E-state index in [0.717, 1.165) is 44.7 Å². The highest BCUT2D eigenvalue weighted by atomic mass is 19.4. The van der Waals surface area contributed by atoms with Crippen molar-refractivity contribution in [3.63, 3.8) is 0 Å². The molecule has 0 spiro atoms. The number of nitriles is 3. The molecule has 0 amide bonds. The van der Waals surface area contributed by atoms with Gasteiger partial charge in [0.05, 0.1) is 73.9 Å². The summed E-state index contributed by atoms with van der Waals surface area (Å²) >= 11 is 0. The summed E-state index contributed by atoms with van der Waals surface area (Å²) in [7, 11) is 0. The van der Waals surface area contributed by atoms with Crippen LogP contribution in [0.1, 0.15) is 22.3 Å². The fourth-order valence-corrected chi connectivity index (χ4v) is 6.74. The van der Waals surface area contributed by atoms with Crippen LogP contribution in [-0.4, -0.2) is 9.13 Å². The molecular weight excluding hydrogens is 607 g/mol. The first-order chi connectivity index (χ1) is 23.3. The lowest BCUT2D eigenvalue weighted by atomic mass is 9.97. The lowest BCUT2D eigenvalue weighted by molar-refractivity contribution is -0.137. The van der Waals surface area contributed by atoms with E-state index in [0.29, 0.717) is 44.5 Å². The summed E-state index contributed by atoms with van der Waals surface area (Å²) in [6.45, 7) is 0. The van der Waals surface area contributed by atoms with Gasteiger partial charge in [-0.1, -0.05) is 42.5 Å². The summed E-state index contributed by atoms with van der Waals surface area (Å²) in [5.74, 6) is 0. The van der Waals surface area contributed by atoms with Crippen LogP contribution in [0.2, 0.25) is 0 Å². The zero-order valence-corrected chi connectivity index (χ0v) is 24.9. The Morgan fingerprint density at radius 2 is 0.917 bits per heavy atom. The highest BCUT2D eigenvalue weighted by Crippen LogP contribution is 2.43. The number of hydrogen-bond donors (Lipinski definition) is 0. The van der Waals surface area contributed by atoms with Gasteiger partial charge >= 0.3 is 6.18 Å². The molecule has 2 aromatic heterocycles. The van der Waals surface area contributed by atoms with E-state index >= 15 is 0 Å². The van der Waals surface area contributed by atoms with Crippen LogP contribution in [-0.2, 0) is 6.18 Å². The molecule has 6 aromatic carbocycles. The molecule has 8 rings (SSSR count). The SMILES string of the molecule is N#Cc1ccc(-n2c3ccccc3c3cc(C#N)ccc32)c(-c2ccc(C(F)(F)F)cc2-n2c3ccccc3c3cc(C#N)ccc32)c1. The number of para-hydroxylation sites is 2. The number of rotatable bonds is 3. The average molecular weight is 628 g/mol. The Morgan fingerprint density at radius 3 is 1.46 bits per heavy atom. The summed E-state index contributed by atoms with van der Waals surface area (Å²) < 4.78 is 47.0. The Morgan fingerprint density at radius 1 is 0.438 bits per heavy atom. The summed E-state index contributed by atoms with van der Waals surface area (Å²) in [6.07, 6.45) is -4.62. The van der Waals surface area contributed by atoms with Crippen LogP contribution < -0.4 is 0 Å². The first-order valence-corrected chi connectivity index (χ1v) is 14.9. The van der Waals surface area contributed by atoms with Crippen LogP contribution in [0.3, 0.4) is 0 Å². The summed E-state index contributed by atoms with van der Waals surface area (Å²) in [6, 6.07) is 41.2. The zero-order chi connectivity index (χ0) is 33.2. The van der Waals surface area contributed by atoms with Gasteiger partial charge in [0.15, 0.2) is 0 Å². The third-order valence-corrected chi connectivity index (χ3v) is 8.83. The van der Waals surface area contributed by atoms with Gasteiger partial charge in [-0.15, -0.1) is 0 Å². The summed E-state index contributed by atoms with van der Waals surface area (Å²) in [4.78, 5) is 0. The standard InChI is InChI=1S/C40H20F3N5/c41-40(42,43)27-12-13-30(39(20-27)48-35-8-4-2-6-29(35)32-18-25(22-45)11-16-38(32)48)33-19-26(23-46)10-15-37(33)47-34-7-3-1-5-28(34)31-17-24(21-44)9-14-36(31)47/h1-20H. The van der Waals surface area contributed by atoms with Crippen molar-refractivity contribution >= 4 is 43.6 Å². The van der Waals surface area contributed by atoms with E-state index in [1.807, 2.05) is 71.3 Å². The second-order valence-electron chi connectivity index (χ2n) is 11.5. The van der Waals surface area contributed by atoms with Gasteiger partial charge in [0.2, 0.25) is 0 Å². The molecule has 0 bridgehead atoms. The molecule has 0 radical (unpaired) electrons. The monoisotopic (exact) mass is 627 g/mol. The van der Waals surface area contributed by atoms with Gasteiger partial charge in [-0.2, -0.15) is 29.0 Å².